The SMILES string of the molecule is N=C(Cc1c[c]ccc1O)c1ccccc1. The van der Waals surface area contributed by atoms with Gasteiger partial charge in [0.15, 0.2) is 0 Å². The molecule has 0 aliphatic carbocycles. The molecule has 16 heavy (non-hydrogen) atoms. The number of phenols is 1. The molecule has 0 unspecified atom stereocenters. The molecule has 0 spiro atoms. The number of benzene rings is 2. The third kappa shape index (κ3) is 2.28. The summed E-state index contributed by atoms with van der Waals surface area (Å²) in [4.78, 5) is 0. The first-order valence-electron chi connectivity index (χ1n) is 5.08. The molecule has 0 bridgehead atoms. The average molecular weight is 210 g/mol. The van der Waals surface area contributed by atoms with Crippen LogP contribution in [0.25, 0.3) is 0 Å². The third-order valence-electron chi connectivity index (χ3n) is 2.41. The van der Waals surface area contributed by atoms with Gasteiger partial charge in [-0.25, -0.2) is 0 Å². The molecule has 0 saturated carbocycles. The molecular weight excluding hydrogens is 198 g/mol. The zero-order chi connectivity index (χ0) is 11.4. The predicted octanol–water partition coefficient (Wildman–Crippen LogP) is 2.80. The first-order chi connectivity index (χ1) is 7.77. The van der Waals surface area contributed by atoms with Gasteiger partial charge in [-0.05, 0) is 23.8 Å². The van der Waals surface area contributed by atoms with Crippen LogP contribution in [-0.2, 0) is 6.42 Å². The molecular formula is C14H12NO. The van der Waals surface area contributed by atoms with Crippen LogP contribution in [0.2, 0.25) is 0 Å². The van der Waals surface area contributed by atoms with E-state index in [9.17, 15) is 5.11 Å². The average Bonchev–Trinajstić information content (AvgIpc) is 2.33. The highest BCUT2D eigenvalue weighted by Crippen LogP contribution is 2.17. The quantitative estimate of drug-likeness (QED) is 0.752. The van der Waals surface area contributed by atoms with E-state index in [1.165, 1.54) is 0 Å². The molecule has 1 radical (unpaired) electrons. The summed E-state index contributed by atoms with van der Waals surface area (Å²) in [5, 5.41) is 17.5. The minimum Gasteiger partial charge on any atom is -0.508 e. The van der Waals surface area contributed by atoms with Gasteiger partial charge < -0.3 is 10.5 Å². The topological polar surface area (TPSA) is 44.1 Å². The standard InChI is InChI=1S/C14H12NO/c15-13(11-6-2-1-3-7-11)10-12-8-4-5-9-14(12)16/h1-3,5-9,15-16H,10H2. The highest BCUT2D eigenvalue weighted by molar-refractivity contribution is 5.99. The largest absolute Gasteiger partial charge is 0.508 e. The van der Waals surface area contributed by atoms with Crippen LogP contribution in [0, 0.1) is 11.5 Å². The summed E-state index contributed by atoms with van der Waals surface area (Å²) in [6.07, 6.45) is 0.424. The smallest absolute Gasteiger partial charge is 0.119 e. The number of hydrogen-bond acceptors (Lipinski definition) is 2. The molecule has 0 fully saturated rings. The molecule has 2 nitrogen and oxygen atoms in total. The Morgan fingerprint density at radius 1 is 1.19 bits per heavy atom. The van der Waals surface area contributed by atoms with Crippen LogP contribution in [0.15, 0.2) is 48.5 Å². The van der Waals surface area contributed by atoms with Crippen molar-refractivity contribution in [3.05, 3.63) is 65.7 Å². The molecule has 0 aliphatic rings. The Balaban J connectivity index is 2.18. The maximum absolute atomic E-state index is 9.59. The van der Waals surface area contributed by atoms with Crippen molar-refractivity contribution in [1.29, 1.82) is 5.41 Å². The summed E-state index contributed by atoms with van der Waals surface area (Å²) < 4.78 is 0. The van der Waals surface area contributed by atoms with Crippen LogP contribution in [0.5, 0.6) is 5.75 Å². The third-order valence-corrected chi connectivity index (χ3v) is 2.41. The van der Waals surface area contributed by atoms with Crippen LogP contribution in [0.4, 0.5) is 0 Å². The summed E-state index contributed by atoms with van der Waals surface area (Å²) in [5.74, 6) is 0.222. The lowest BCUT2D eigenvalue weighted by atomic mass is 10.0. The van der Waals surface area contributed by atoms with Crippen LogP contribution in [-0.4, -0.2) is 10.8 Å². The Morgan fingerprint density at radius 2 is 1.94 bits per heavy atom. The minimum atomic E-state index is 0.222. The second-order valence-electron chi connectivity index (χ2n) is 3.58. The lowest BCUT2D eigenvalue weighted by Gasteiger charge is -2.05. The second-order valence-corrected chi connectivity index (χ2v) is 3.58. The van der Waals surface area contributed by atoms with Gasteiger partial charge in [0.25, 0.3) is 0 Å². The number of hydrogen-bond donors (Lipinski definition) is 2. The first-order valence-corrected chi connectivity index (χ1v) is 5.08. The summed E-state index contributed by atoms with van der Waals surface area (Å²) >= 11 is 0. The highest BCUT2D eigenvalue weighted by Gasteiger charge is 2.05. The Hall–Kier alpha value is -2.09. The molecule has 0 heterocycles. The maximum atomic E-state index is 9.59. The fourth-order valence-electron chi connectivity index (χ4n) is 1.53. The van der Waals surface area contributed by atoms with Crippen LogP contribution >= 0.6 is 0 Å². The first kappa shape index (κ1) is 10.4. The molecule has 2 heteroatoms. The van der Waals surface area contributed by atoms with Gasteiger partial charge in [0.1, 0.15) is 5.75 Å². The lowest BCUT2D eigenvalue weighted by molar-refractivity contribution is 0.470. The van der Waals surface area contributed by atoms with Crippen molar-refractivity contribution in [3.63, 3.8) is 0 Å². The molecule has 2 aromatic carbocycles. The summed E-state index contributed by atoms with van der Waals surface area (Å²) in [7, 11) is 0. The number of phenolic OH excluding ortho intramolecular Hbond substituents is 1. The van der Waals surface area contributed by atoms with Gasteiger partial charge in [-0.15, -0.1) is 0 Å². The van der Waals surface area contributed by atoms with Gasteiger partial charge in [-0.3, -0.25) is 0 Å². The Bertz CT molecular complexity index is 491. The van der Waals surface area contributed by atoms with Gasteiger partial charge in [-0.1, -0.05) is 36.4 Å². The molecule has 79 valence electrons. The Kier molecular flexibility index (Phi) is 3.01. The van der Waals surface area contributed by atoms with Crippen molar-refractivity contribution >= 4 is 5.71 Å². The fraction of sp³-hybridized carbons (Fsp3) is 0.0714. The number of rotatable bonds is 3. The Labute approximate surface area is 94.7 Å². The van der Waals surface area contributed by atoms with Crippen molar-refractivity contribution in [3.8, 4) is 5.75 Å². The molecule has 0 saturated heterocycles. The van der Waals surface area contributed by atoms with Crippen LogP contribution in [0.3, 0.4) is 0 Å². The van der Waals surface area contributed by atoms with E-state index in [-0.39, 0.29) is 5.75 Å². The van der Waals surface area contributed by atoms with Gasteiger partial charge in [0.05, 0.1) is 0 Å². The molecule has 0 amide bonds. The molecule has 0 atom stereocenters. The monoisotopic (exact) mass is 210 g/mol. The lowest BCUT2D eigenvalue weighted by Crippen LogP contribution is -2.03. The number of aromatic hydroxyl groups is 1. The van der Waals surface area contributed by atoms with Gasteiger partial charge in [0.2, 0.25) is 0 Å². The molecule has 2 aromatic rings. The van der Waals surface area contributed by atoms with E-state index in [0.29, 0.717) is 12.1 Å². The normalized spacial score (nSPS) is 10.0. The van der Waals surface area contributed by atoms with Crippen molar-refractivity contribution in [1.82, 2.24) is 0 Å². The summed E-state index contributed by atoms with van der Waals surface area (Å²) in [5.41, 5.74) is 2.11. The van der Waals surface area contributed by atoms with E-state index in [0.717, 1.165) is 11.1 Å². The zero-order valence-electron chi connectivity index (χ0n) is 8.77. The van der Waals surface area contributed by atoms with Crippen LogP contribution in [0.1, 0.15) is 11.1 Å². The zero-order valence-corrected chi connectivity index (χ0v) is 8.77. The molecule has 2 N–H and O–H groups in total. The van der Waals surface area contributed by atoms with E-state index in [2.05, 4.69) is 6.07 Å². The fourth-order valence-corrected chi connectivity index (χ4v) is 1.53. The minimum absolute atomic E-state index is 0.222. The van der Waals surface area contributed by atoms with Crippen LogP contribution < -0.4 is 0 Å². The van der Waals surface area contributed by atoms with Gasteiger partial charge in [0, 0.05) is 17.7 Å². The molecule has 0 aromatic heterocycles. The van der Waals surface area contributed by atoms with E-state index >= 15 is 0 Å². The maximum Gasteiger partial charge on any atom is 0.119 e. The van der Waals surface area contributed by atoms with Crippen molar-refractivity contribution in [2.24, 2.45) is 0 Å². The Morgan fingerprint density at radius 3 is 2.62 bits per heavy atom. The van der Waals surface area contributed by atoms with Crippen molar-refractivity contribution in [2.75, 3.05) is 0 Å². The van der Waals surface area contributed by atoms with E-state index < -0.39 is 0 Å². The van der Waals surface area contributed by atoms with Crippen molar-refractivity contribution in [2.45, 2.75) is 6.42 Å². The molecule has 0 aliphatic heterocycles. The summed E-state index contributed by atoms with van der Waals surface area (Å²) in [6.45, 7) is 0. The predicted molar refractivity (Wildman–Crippen MR) is 63.9 cm³/mol. The molecule has 2 rings (SSSR count). The van der Waals surface area contributed by atoms with Gasteiger partial charge >= 0.3 is 0 Å². The second kappa shape index (κ2) is 4.62. The van der Waals surface area contributed by atoms with Gasteiger partial charge in [-0.2, -0.15) is 0 Å². The van der Waals surface area contributed by atoms with Crippen molar-refractivity contribution < 1.29 is 5.11 Å². The van der Waals surface area contributed by atoms with E-state index in [4.69, 9.17) is 5.41 Å². The van der Waals surface area contributed by atoms with E-state index in [1.807, 2.05) is 30.3 Å². The van der Waals surface area contributed by atoms with E-state index in [1.54, 1.807) is 18.2 Å². The number of nitrogens with one attached hydrogen (secondary N) is 1. The summed E-state index contributed by atoms with van der Waals surface area (Å²) in [6, 6.07) is 17.4. The highest BCUT2D eigenvalue weighted by atomic mass is 16.3.